The number of hydrogen-bond acceptors (Lipinski definition) is 4. The van der Waals surface area contributed by atoms with Crippen molar-refractivity contribution in [1.29, 1.82) is 0 Å². The minimum atomic E-state index is -3.25. The Kier molecular flexibility index (Phi) is 4.60. The molecular weight excluding hydrogens is 324 g/mol. The van der Waals surface area contributed by atoms with Crippen LogP contribution in [-0.4, -0.2) is 24.7 Å². The van der Waals surface area contributed by atoms with E-state index in [-0.39, 0.29) is 6.04 Å². The fourth-order valence-corrected chi connectivity index (χ4v) is 3.70. The van der Waals surface area contributed by atoms with Gasteiger partial charge in [-0.15, -0.1) is 0 Å². The van der Waals surface area contributed by atoms with Gasteiger partial charge in [-0.2, -0.15) is 0 Å². The Hall–Kier alpha value is -1.92. The molecule has 3 rings (SSSR count). The molecule has 2 aromatic rings. The van der Waals surface area contributed by atoms with Crippen molar-refractivity contribution in [3.63, 3.8) is 0 Å². The monoisotopic (exact) mass is 346 g/mol. The van der Waals surface area contributed by atoms with Crippen molar-refractivity contribution < 1.29 is 13.2 Å². The second-order valence-electron chi connectivity index (χ2n) is 6.49. The molecule has 1 aliphatic rings. The molecule has 1 aromatic heterocycles. The largest absolute Gasteiger partial charge is 0.455 e. The first-order chi connectivity index (χ1) is 11.3. The summed E-state index contributed by atoms with van der Waals surface area (Å²) in [6.45, 7) is 5.35. The Balaban J connectivity index is 1.74. The number of hydrogen-bond donors (Lipinski definition) is 1. The van der Waals surface area contributed by atoms with Gasteiger partial charge in [-0.05, 0) is 68.5 Å². The Morgan fingerprint density at radius 1 is 1.21 bits per heavy atom. The molecule has 24 heavy (non-hydrogen) atoms. The van der Waals surface area contributed by atoms with Crippen molar-refractivity contribution in [2.45, 2.75) is 44.9 Å². The molecule has 0 saturated carbocycles. The third kappa shape index (κ3) is 3.60. The van der Waals surface area contributed by atoms with E-state index in [1.807, 2.05) is 31.2 Å². The van der Waals surface area contributed by atoms with E-state index in [4.69, 9.17) is 4.74 Å². The summed E-state index contributed by atoms with van der Waals surface area (Å²) >= 11 is 0. The summed E-state index contributed by atoms with van der Waals surface area (Å²) in [7, 11) is -3.25. The molecule has 6 heteroatoms. The molecule has 0 spiro atoms. The van der Waals surface area contributed by atoms with Crippen molar-refractivity contribution >= 4 is 10.0 Å². The van der Waals surface area contributed by atoms with Crippen LogP contribution in [0.4, 0.5) is 0 Å². The molecule has 0 saturated heterocycles. The summed E-state index contributed by atoms with van der Waals surface area (Å²) in [5.74, 6) is 1.48. The van der Waals surface area contributed by atoms with Crippen molar-refractivity contribution in [1.82, 2.24) is 9.71 Å². The maximum Gasteiger partial charge on any atom is 0.214 e. The van der Waals surface area contributed by atoms with Gasteiger partial charge in [0.25, 0.3) is 0 Å². The molecule has 0 bridgehead atoms. The maximum absolute atomic E-state index is 12.0. The lowest BCUT2D eigenvalue weighted by molar-refractivity contribution is 0.476. The number of pyridine rings is 1. The highest BCUT2D eigenvalue weighted by Gasteiger charge is 2.27. The predicted molar refractivity (Wildman–Crippen MR) is 93.9 cm³/mol. The Bertz CT molecular complexity index is 847. The Morgan fingerprint density at radius 3 is 2.67 bits per heavy atom. The molecule has 0 amide bonds. The molecule has 1 N–H and O–H groups in total. The zero-order chi connectivity index (χ0) is 17.3. The van der Waals surface area contributed by atoms with Crippen LogP contribution < -0.4 is 9.46 Å². The minimum absolute atomic E-state index is 0.0808. The second-order valence-corrected chi connectivity index (χ2v) is 8.76. The number of rotatable bonds is 5. The number of aromatic nitrogens is 1. The van der Waals surface area contributed by atoms with Crippen molar-refractivity contribution in [2.75, 3.05) is 0 Å². The average molecular weight is 346 g/mol. The summed E-state index contributed by atoms with van der Waals surface area (Å²) < 4.78 is 32.8. The van der Waals surface area contributed by atoms with E-state index >= 15 is 0 Å². The number of nitrogens with zero attached hydrogens (tertiary/aromatic N) is 1. The predicted octanol–water partition coefficient (Wildman–Crippen LogP) is 2.98. The lowest BCUT2D eigenvalue weighted by Gasteiger charge is -2.14. The van der Waals surface area contributed by atoms with Gasteiger partial charge in [0.15, 0.2) is 0 Å². The van der Waals surface area contributed by atoms with E-state index in [0.717, 1.165) is 22.6 Å². The van der Waals surface area contributed by atoms with Crippen LogP contribution in [0, 0.1) is 6.92 Å². The fourth-order valence-electron chi connectivity index (χ4n) is 2.79. The summed E-state index contributed by atoms with van der Waals surface area (Å²) in [5, 5.41) is -0.423. The first kappa shape index (κ1) is 16.9. The molecule has 0 fully saturated rings. The molecule has 5 nitrogen and oxygen atoms in total. The lowest BCUT2D eigenvalue weighted by atomic mass is 10.1. The van der Waals surface area contributed by atoms with Crippen LogP contribution in [0.25, 0.3) is 0 Å². The van der Waals surface area contributed by atoms with Crippen LogP contribution in [0.5, 0.6) is 11.5 Å². The molecule has 1 heterocycles. The fraction of sp³-hybridized carbons (Fsp3) is 0.389. The van der Waals surface area contributed by atoms with Gasteiger partial charge in [-0.1, -0.05) is 6.07 Å². The second kappa shape index (κ2) is 6.53. The van der Waals surface area contributed by atoms with Crippen molar-refractivity contribution in [3.05, 3.63) is 53.3 Å². The van der Waals surface area contributed by atoms with E-state index in [9.17, 15) is 8.42 Å². The SMILES string of the molecule is Cc1ccncc1Oc1ccc2c(c1)C[C@@H](NS(=O)(=O)C(C)C)C2. The minimum Gasteiger partial charge on any atom is -0.455 e. The van der Waals surface area contributed by atoms with E-state index in [1.165, 1.54) is 5.56 Å². The Morgan fingerprint density at radius 2 is 1.96 bits per heavy atom. The van der Waals surface area contributed by atoms with Gasteiger partial charge in [0.2, 0.25) is 10.0 Å². The zero-order valence-electron chi connectivity index (χ0n) is 14.1. The summed E-state index contributed by atoms with van der Waals surface area (Å²) in [4.78, 5) is 4.08. The number of aryl methyl sites for hydroxylation is 1. The lowest BCUT2D eigenvalue weighted by Crippen LogP contribution is -2.39. The van der Waals surface area contributed by atoms with E-state index < -0.39 is 15.3 Å². The molecule has 1 aliphatic carbocycles. The molecule has 0 radical (unpaired) electrons. The van der Waals surface area contributed by atoms with E-state index in [1.54, 1.807) is 26.2 Å². The van der Waals surface area contributed by atoms with Crippen LogP contribution >= 0.6 is 0 Å². The van der Waals surface area contributed by atoms with Crippen LogP contribution in [0.15, 0.2) is 36.7 Å². The first-order valence-electron chi connectivity index (χ1n) is 8.06. The smallest absolute Gasteiger partial charge is 0.214 e. The van der Waals surface area contributed by atoms with Gasteiger partial charge in [0.05, 0.1) is 11.4 Å². The zero-order valence-corrected chi connectivity index (χ0v) is 14.9. The maximum atomic E-state index is 12.0. The topological polar surface area (TPSA) is 68.3 Å². The first-order valence-corrected chi connectivity index (χ1v) is 9.61. The number of nitrogens with one attached hydrogen (secondary N) is 1. The van der Waals surface area contributed by atoms with Gasteiger partial charge < -0.3 is 4.74 Å². The molecule has 128 valence electrons. The highest BCUT2D eigenvalue weighted by molar-refractivity contribution is 7.90. The highest BCUT2D eigenvalue weighted by Crippen LogP contribution is 2.30. The standard InChI is InChI=1S/C18H22N2O3S/c1-12(2)24(21,22)20-16-8-14-4-5-17(10-15(14)9-16)23-18-11-19-7-6-13(18)3/h4-7,10-12,16,20H,8-9H2,1-3H3/t16-/m0/s1. The Labute approximate surface area is 143 Å². The van der Waals surface area contributed by atoms with Gasteiger partial charge >= 0.3 is 0 Å². The summed E-state index contributed by atoms with van der Waals surface area (Å²) in [6, 6.07) is 7.75. The van der Waals surface area contributed by atoms with Gasteiger partial charge in [-0.3, -0.25) is 4.98 Å². The number of sulfonamides is 1. The van der Waals surface area contributed by atoms with E-state index in [0.29, 0.717) is 12.8 Å². The average Bonchev–Trinajstić information content (AvgIpc) is 2.90. The summed E-state index contributed by atoms with van der Waals surface area (Å²) in [5.41, 5.74) is 3.32. The van der Waals surface area contributed by atoms with Gasteiger partial charge in [0.1, 0.15) is 11.5 Å². The molecule has 1 aromatic carbocycles. The molecule has 0 unspecified atom stereocenters. The van der Waals surface area contributed by atoms with Crippen LogP contribution in [-0.2, 0) is 22.9 Å². The van der Waals surface area contributed by atoms with Gasteiger partial charge in [0, 0.05) is 12.2 Å². The molecular formula is C18H22N2O3S. The van der Waals surface area contributed by atoms with Gasteiger partial charge in [-0.25, -0.2) is 13.1 Å². The normalized spacial score (nSPS) is 17.1. The number of fused-ring (bicyclic) bond motifs is 1. The van der Waals surface area contributed by atoms with Crippen molar-refractivity contribution in [3.8, 4) is 11.5 Å². The van der Waals surface area contributed by atoms with Crippen molar-refractivity contribution in [2.24, 2.45) is 0 Å². The van der Waals surface area contributed by atoms with Crippen LogP contribution in [0.1, 0.15) is 30.5 Å². The third-order valence-electron chi connectivity index (χ3n) is 4.28. The molecule has 0 aliphatic heterocycles. The third-order valence-corrected chi connectivity index (χ3v) is 6.18. The van der Waals surface area contributed by atoms with E-state index in [2.05, 4.69) is 9.71 Å². The summed E-state index contributed by atoms with van der Waals surface area (Å²) in [6.07, 6.45) is 4.83. The number of ether oxygens (including phenoxy) is 1. The van der Waals surface area contributed by atoms with Crippen LogP contribution in [0.2, 0.25) is 0 Å². The van der Waals surface area contributed by atoms with Crippen LogP contribution in [0.3, 0.4) is 0 Å². The molecule has 1 atom stereocenters. The number of benzene rings is 1. The quantitative estimate of drug-likeness (QED) is 0.904. The highest BCUT2D eigenvalue weighted by atomic mass is 32.2.